The van der Waals surface area contributed by atoms with Crippen LogP contribution < -0.4 is 10.6 Å². The van der Waals surface area contributed by atoms with Crippen molar-refractivity contribution < 1.29 is 24.0 Å². The third-order valence-corrected chi connectivity index (χ3v) is 9.47. The summed E-state index contributed by atoms with van der Waals surface area (Å²) in [6.45, 7) is 7.64. The molecular weight excluding hydrogens is 608 g/mol. The summed E-state index contributed by atoms with van der Waals surface area (Å²) in [7, 11) is 1.28. The number of carbonyl (C=O) groups is 2. The third-order valence-electron chi connectivity index (χ3n) is 9.47. The van der Waals surface area contributed by atoms with Crippen LogP contribution in [-0.2, 0) is 24.5 Å². The monoisotopic (exact) mass is 652 g/mol. The van der Waals surface area contributed by atoms with Crippen molar-refractivity contribution in [2.24, 2.45) is 0 Å². The minimum atomic E-state index is -0.821. The number of methoxy groups -OCH3 is 1. The third kappa shape index (κ3) is 7.50. The zero-order chi connectivity index (χ0) is 34.1. The van der Waals surface area contributed by atoms with E-state index >= 15 is 0 Å². The average Bonchev–Trinajstić information content (AvgIpc) is 3.12. The summed E-state index contributed by atoms with van der Waals surface area (Å²) in [5, 5.41) is 18.0. The number of benzene rings is 3. The summed E-state index contributed by atoms with van der Waals surface area (Å²) in [6, 6.07) is 27.5. The Morgan fingerprint density at radius 1 is 0.938 bits per heavy atom. The van der Waals surface area contributed by atoms with Crippen molar-refractivity contribution in [1.82, 2.24) is 15.5 Å². The van der Waals surface area contributed by atoms with Gasteiger partial charge in [0.2, 0.25) is 0 Å². The number of nitrogens with zero attached hydrogens (tertiary/aromatic N) is 2. The lowest BCUT2D eigenvalue weighted by Crippen LogP contribution is -2.44. The van der Waals surface area contributed by atoms with Gasteiger partial charge in [-0.2, -0.15) is 0 Å². The number of carbonyl (C=O) groups excluding carboxylic acids is 2. The number of piperidine rings is 1. The number of dihydropyridines is 1. The number of esters is 2. The second-order valence-electron chi connectivity index (χ2n) is 12.2. The quantitative estimate of drug-likeness (QED) is 0.105. The van der Waals surface area contributed by atoms with E-state index < -0.39 is 22.8 Å². The Balaban J connectivity index is 1.26. The van der Waals surface area contributed by atoms with E-state index in [1.165, 1.54) is 30.4 Å². The molecule has 0 aromatic heterocycles. The van der Waals surface area contributed by atoms with Gasteiger partial charge in [-0.3, -0.25) is 10.1 Å². The number of ether oxygens (including phenoxy) is 2. The molecule has 1 fully saturated rings. The lowest BCUT2D eigenvalue weighted by molar-refractivity contribution is -0.384. The van der Waals surface area contributed by atoms with Gasteiger partial charge in [-0.05, 0) is 76.0 Å². The zero-order valence-electron chi connectivity index (χ0n) is 27.9. The molecule has 3 aromatic rings. The molecule has 5 rings (SSSR count). The lowest BCUT2D eigenvalue weighted by atomic mass is 9.68. The van der Waals surface area contributed by atoms with Crippen molar-refractivity contribution in [3.05, 3.63) is 134 Å². The molecule has 2 heterocycles. The summed E-state index contributed by atoms with van der Waals surface area (Å²) in [5.74, 6) is -1.98. The molecule has 0 aliphatic carbocycles. The van der Waals surface area contributed by atoms with Crippen LogP contribution in [0.4, 0.5) is 5.69 Å². The van der Waals surface area contributed by atoms with Crippen LogP contribution in [0.25, 0.3) is 0 Å². The second-order valence-corrected chi connectivity index (χ2v) is 12.2. The Labute approximate surface area is 282 Å². The van der Waals surface area contributed by atoms with Gasteiger partial charge in [0, 0.05) is 35.5 Å². The summed E-state index contributed by atoms with van der Waals surface area (Å²) in [4.78, 5) is 39.8. The highest BCUT2D eigenvalue weighted by molar-refractivity contribution is 6.00. The SMILES string of the molecule is CCOC(=O)C1=C(CNCCCN2CCC(c3ccccc3)(c3ccccc3)CC2)NC(C)=C(C(=O)OC)C1c1ccc([N+](=O)[O-])cc1. The standard InChI is InChI=1S/C38H44N4O6/c1-4-48-37(44)35-32(40-27(2)33(36(43)47-3)34(35)28-16-18-31(19-17-28)42(45)46)26-39-22-11-23-41-24-20-38(21-25-41,29-12-7-5-8-13-29)30-14-9-6-10-15-30/h5-10,12-19,34,39-40H,4,11,20-26H2,1-3H3. The molecule has 3 aromatic carbocycles. The fourth-order valence-corrected chi connectivity index (χ4v) is 7.05. The predicted octanol–water partition coefficient (Wildman–Crippen LogP) is 5.61. The van der Waals surface area contributed by atoms with E-state index in [1.54, 1.807) is 26.0 Å². The van der Waals surface area contributed by atoms with Gasteiger partial charge in [0.1, 0.15) is 0 Å². The van der Waals surface area contributed by atoms with Gasteiger partial charge < -0.3 is 25.0 Å². The first kappa shape index (κ1) is 34.5. The first-order valence-corrected chi connectivity index (χ1v) is 16.5. The molecule has 2 N–H and O–H groups in total. The molecular formula is C38H44N4O6. The van der Waals surface area contributed by atoms with Crippen LogP contribution in [0.3, 0.4) is 0 Å². The summed E-state index contributed by atoms with van der Waals surface area (Å²) in [6.07, 6.45) is 3.01. The Bertz CT molecular complexity index is 1600. The Hall–Kier alpha value is -4.80. The Morgan fingerprint density at radius 3 is 2.08 bits per heavy atom. The molecule has 10 nitrogen and oxygen atoms in total. The highest BCUT2D eigenvalue weighted by Gasteiger charge is 2.39. The van der Waals surface area contributed by atoms with Crippen LogP contribution in [0, 0.1) is 10.1 Å². The molecule has 252 valence electrons. The summed E-state index contributed by atoms with van der Waals surface area (Å²) < 4.78 is 10.5. The van der Waals surface area contributed by atoms with Crippen molar-refractivity contribution in [3.8, 4) is 0 Å². The number of likely N-dealkylation sites (tertiary alicyclic amines) is 1. The maximum atomic E-state index is 13.4. The topological polar surface area (TPSA) is 123 Å². The second kappa shape index (κ2) is 15.9. The number of nitro benzene ring substituents is 1. The van der Waals surface area contributed by atoms with Gasteiger partial charge in [-0.25, -0.2) is 9.59 Å². The van der Waals surface area contributed by atoms with Crippen molar-refractivity contribution in [2.45, 2.75) is 44.4 Å². The Kier molecular flexibility index (Phi) is 11.4. The van der Waals surface area contributed by atoms with Crippen molar-refractivity contribution in [2.75, 3.05) is 46.4 Å². The van der Waals surface area contributed by atoms with E-state index in [4.69, 9.17) is 9.47 Å². The van der Waals surface area contributed by atoms with Crippen LogP contribution >= 0.6 is 0 Å². The molecule has 2 aliphatic rings. The minimum absolute atomic E-state index is 0.00847. The van der Waals surface area contributed by atoms with Crippen LogP contribution in [-0.4, -0.2) is 68.2 Å². The lowest BCUT2D eigenvalue weighted by Gasteiger charge is -2.43. The molecule has 0 bridgehead atoms. The minimum Gasteiger partial charge on any atom is -0.466 e. The average molecular weight is 653 g/mol. The highest BCUT2D eigenvalue weighted by atomic mass is 16.6. The number of hydrogen-bond acceptors (Lipinski definition) is 9. The molecule has 1 saturated heterocycles. The predicted molar refractivity (Wildman–Crippen MR) is 184 cm³/mol. The molecule has 48 heavy (non-hydrogen) atoms. The van der Waals surface area contributed by atoms with Gasteiger partial charge in [-0.1, -0.05) is 72.8 Å². The number of nitro groups is 1. The largest absolute Gasteiger partial charge is 0.466 e. The van der Waals surface area contributed by atoms with E-state index in [2.05, 4.69) is 76.2 Å². The van der Waals surface area contributed by atoms with Gasteiger partial charge in [0.05, 0.1) is 35.7 Å². The molecule has 0 amide bonds. The van der Waals surface area contributed by atoms with Crippen molar-refractivity contribution >= 4 is 17.6 Å². The van der Waals surface area contributed by atoms with E-state index in [0.29, 0.717) is 23.5 Å². The van der Waals surface area contributed by atoms with Gasteiger partial charge in [-0.15, -0.1) is 0 Å². The first-order valence-electron chi connectivity index (χ1n) is 16.5. The highest BCUT2D eigenvalue weighted by Crippen LogP contribution is 2.42. The number of rotatable bonds is 13. The molecule has 0 radical (unpaired) electrons. The summed E-state index contributed by atoms with van der Waals surface area (Å²) in [5.41, 5.74) is 4.88. The van der Waals surface area contributed by atoms with Crippen LogP contribution in [0.1, 0.15) is 55.7 Å². The fourth-order valence-electron chi connectivity index (χ4n) is 7.05. The fraction of sp³-hybridized carbons (Fsp3) is 0.368. The maximum absolute atomic E-state index is 13.4. The van der Waals surface area contributed by atoms with Crippen molar-refractivity contribution in [1.29, 1.82) is 0 Å². The number of nitrogens with one attached hydrogen (secondary N) is 2. The molecule has 1 atom stereocenters. The number of hydrogen-bond donors (Lipinski definition) is 2. The van der Waals surface area contributed by atoms with E-state index in [1.807, 2.05) is 0 Å². The number of allylic oxidation sites excluding steroid dienone is 1. The van der Waals surface area contributed by atoms with E-state index in [-0.39, 0.29) is 28.9 Å². The molecule has 2 aliphatic heterocycles. The van der Waals surface area contributed by atoms with Crippen LogP contribution in [0.2, 0.25) is 0 Å². The smallest absolute Gasteiger partial charge is 0.336 e. The molecule has 0 saturated carbocycles. The van der Waals surface area contributed by atoms with E-state index in [0.717, 1.165) is 45.4 Å². The van der Waals surface area contributed by atoms with Crippen molar-refractivity contribution in [3.63, 3.8) is 0 Å². The van der Waals surface area contributed by atoms with Gasteiger partial charge >= 0.3 is 11.9 Å². The van der Waals surface area contributed by atoms with Gasteiger partial charge in [0.25, 0.3) is 5.69 Å². The zero-order valence-corrected chi connectivity index (χ0v) is 27.9. The first-order chi connectivity index (χ1) is 23.3. The molecule has 1 unspecified atom stereocenters. The Morgan fingerprint density at radius 2 is 1.54 bits per heavy atom. The molecule has 10 heteroatoms. The molecule has 0 spiro atoms. The van der Waals surface area contributed by atoms with Crippen LogP contribution in [0.5, 0.6) is 0 Å². The summed E-state index contributed by atoms with van der Waals surface area (Å²) >= 11 is 0. The normalized spacial score (nSPS) is 17.9. The maximum Gasteiger partial charge on any atom is 0.336 e. The van der Waals surface area contributed by atoms with Crippen LogP contribution in [0.15, 0.2) is 107 Å². The van der Waals surface area contributed by atoms with Gasteiger partial charge in [0.15, 0.2) is 0 Å². The number of non-ortho nitro benzene ring substituents is 1. The van der Waals surface area contributed by atoms with E-state index in [9.17, 15) is 19.7 Å².